The van der Waals surface area contributed by atoms with Gasteiger partial charge in [0.05, 0.1) is 0 Å². The van der Waals surface area contributed by atoms with Crippen molar-refractivity contribution in [2.45, 2.75) is 27.7 Å². The van der Waals surface area contributed by atoms with Gasteiger partial charge in [-0.2, -0.15) is 0 Å². The highest BCUT2D eigenvalue weighted by molar-refractivity contribution is 6.10. The van der Waals surface area contributed by atoms with Crippen LogP contribution in [0.3, 0.4) is 0 Å². The lowest BCUT2D eigenvalue weighted by Crippen LogP contribution is -2.43. The predicted octanol–water partition coefficient (Wildman–Crippen LogP) is 3.25. The third-order valence-electron chi connectivity index (χ3n) is 3.86. The summed E-state index contributed by atoms with van der Waals surface area (Å²) in [5.74, 6) is 0.641. The molecule has 0 bridgehead atoms. The van der Waals surface area contributed by atoms with E-state index in [0.717, 1.165) is 5.56 Å². The van der Waals surface area contributed by atoms with Gasteiger partial charge in [0.2, 0.25) is 5.91 Å². The Bertz CT molecular complexity index is 575. The second-order valence-electron chi connectivity index (χ2n) is 6.97. The van der Waals surface area contributed by atoms with Crippen molar-refractivity contribution in [3.05, 3.63) is 42.0 Å². The van der Waals surface area contributed by atoms with E-state index in [2.05, 4.69) is 34.3 Å². The van der Waals surface area contributed by atoms with Gasteiger partial charge in [0.15, 0.2) is 0 Å². The molecule has 0 saturated heterocycles. The van der Waals surface area contributed by atoms with Crippen LogP contribution in [0.15, 0.2) is 30.8 Å². The van der Waals surface area contributed by atoms with Gasteiger partial charge in [0.1, 0.15) is 6.54 Å². The van der Waals surface area contributed by atoms with Crippen molar-refractivity contribution in [2.75, 3.05) is 19.6 Å². The minimum atomic E-state index is -0.131. The van der Waals surface area contributed by atoms with Crippen LogP contribution < -0.4 is 0 Å². The fraction of sp³-hybridized carbons (Fsp3) is 0.474. The molecule has 1 aromatic rings. The average molecular weight is 314 g/mol. The van der Waals surface area contributed by atoms with Crippen LogP contribution in [-0.2, 0) is 4.79 Å². The van der Waals surface area contributed by atoms with Crippen LogP contribution >= 0.6 is 0 Å². The number of carbonyl (C=O) groups excluding carboxylic acids is 2. The molecule has 1 heterocycles. The summed E-state index contributed by atoms with van der Waals surface area (Å²) in [5.41, 5.74) is 2.07. The molecule has 0 unspecified atom stereocenters. The Kier molecular flexibility index (Phi) is 5.24. The van der Waals surface area contributed by atoms with E-state index in [1.165, 1.54) is 4.90 Å². The van der Waals surface area contributed by atoms with Crippen LogP contribution in [0.4, 0.5) is 0 Å². The number of hydrogen-bond donors (Lipinski definition) is 0. The van der Waals surface area contributed by atoms with Crippen LogP contribution in [0.5, 0.6) is 0 Å². The Morgan fingerprint density at radius 2 is 1.61 bits per heavy atom. The molecule has 0 aliphatic carbocycles. The summed E-state index contributed by atoms with van der Waals surface area (Å²) in [6.45, 7) is 13.8. The van der Waals surface area contributed by atoms with E-state index in [4.69, 9.17) is 0 Å². The van der Waals surface area contributed by atoms with E-state index in [0.29, 0.717) is 36.2 Å². The van der Waals surface area contributed by atoms with Crippen molar-refractivity contribution in [1.82, 2.24) is 9.80 Å². The van der Waals surface area contributed by atoms with E-state index in [9.17, 15) is 9.59 Å². The molecule has 1 aliphatic heterocycles. The SMILES string of the molecule is C=C1c2ccccc2C(=O)N1CC(=O)N(CC(C)C)CC(C)C. The van der Waals surface area contributed by atoms with Crippen LogP contribution in [0.25, 0.3) is 5.70 Å². The lowest BCUT2D eigenvalue weighted by Gasteiger charge is -2.28. The molecule has 0 aromatic heterocycles. The van der Waals surface area contributed by atoms with Gasteiger partial charge < -0.3 is 4.90 Å². The van der Waals surface area contributed by atoms with Crippen LogP contribution in [0.2, 0.25) is 0 Å². The van der Waals surface area contributed by atoms with Gasteiger partial charge in [-0.25, -0.2) is 0 Å². The first-order valence-electron chi connectivity index (χ1n) is 8.19. The first kappa shape index (κ1) is 17.3. The molecule has 2 amide bonds. The summed E-state index contributed by atoms with van der Waals surface area (Å²) < 4.78 is 0. The quantitative estimate of drug-likeness (QED) is 0.808. The van der Waals surface area contributed by atoms with Gasteiger partial charge in [-0.15, -0.1) is 0 Å². The van der Waals surface area contributed by atoms with Crippen molar-refractivity contribution in [2.24, 2.45) is 11.8 Å². The Morgan fingerprint density at radius 1 is 1.09 bits per heavy atom. The van der Waals surface area contributed by atoms with E-state index < -0.39 is 0 Å². The van der Waals surface area contributed by atoms with Crippen molar-refractivity contribution < 1.29 is 9.59 Å². The second-order valence-corrected chi connectivity index (χ2v) is 6.97. The monoisotopic (exact) mass is 314 g/mol. The van der Waals surface area contributed by atoms with Crippen LogP contribution in [0, 0.1) is 11.8 Å². The highest BCUT2D eigenvalue weighted by atomic mass is 16.2. The molecule has 0 N–H and O–H groups in total. The summed E-state index contributed by atoms with van der Waals surface area (Å²) in [4.78, 5) is 28.6. The lowest BCUT2D eigenvalue weighted by molar-refractivity contribution is -0.132. The van der Waals surface area contributed by atoms with E-state index >= 15 is 0 Å². The molecule has 1 aliphatic rings. The molecular formula is C19H26N2O2. The number of nitrogens with zero attached hydrogens (tertiary/aromatic N) is 2. The largest absolute Gasteiger partial charge is 0.341 e. The summed E-state index contributed by atoms with van der Waals surface area (Å²) in [7, 11) is 0. The molecule has 0 fully saturated rings. The fourth-order valence-electron chi connectivity index (χ4n) is 2.90. The maximum absolute atomic E-state index is 12.7. The first-order valence-corrected chi connectivity index (χ1v) is 8.19. The summed E-state index contributed by atoms with van der Waals surface area (Å²) in [5, 5.41) is 0. The number of benzene rings is 1. The molecule has 4 nitrogen and oxygen atoms in total. The molecule has 1 aromatic carbocycles. The number of carbonyl (C=O) groups is 2. The number of hydrogen-bond acceptors (Lipinski definition) is 2. The minimum absolute atomic E-state index is 0.0188. The highest BCUT2D eigenvalue weighted by Crippen LogP contribution is 2.30. The normalized spacial score (nSPS) is 13.9. The van der Waals surface area contributed by atoms with Gasteiger partial charge in [-0.05, 0) is 17.9 Å². The summed E-state index contributed by atoms with van der Waals surface area (Å²) >= 11 is 0. The second kappa shape index (κ2) is 6.99. The van der Waals surface area contributed by atoms with Crippen molar-refractivity contribution >= 4 is 17.5 Å². The number of rotatable bonds is 6. The summed E-state index contributed by atoms with van der Waals surface area (Å²) in [6, 6.07) is 7.37. The Hall–Kier alpha value is -2.10. The molecule has 4 heteroatoms. The van der Waals surface area contributed by atoms with Crippen molar-refractivity contribution in [3.8, 4) is 0 Å². The van der Waals surface area contributed by atoms with Gasteiger partial charge in [0, 0.05) is 29.9 Å². The minimum Gasteiger partial charge on any atom is -0.341 e. The molecule has 0 radical (unpaired) electrons. The maximum atomic E-state index is 12.7. The first-order chi connectivity index (χ1) is 10.8. The Labute approximate surface area is 138 Å². The molecular weight excluding hydrogens is 288 g/mol. The Balaban J connectivity index is 2.13. The smallest absolute Gasteiger partial charge is 0.259 e. The van der Waals surface area contributed by atoms with Crippen molar-refractivity contribution in [3.63, 3.8) is 0 Å². The van der Waals surface area contributed by atoms with E-state index in [1.54, 1.807) is 6.07 Å². The fourth-order valence-corrected chi connectivity index (χ4v) is 2.90. The zero-order valence-corrected chi connectivity index (χ0v) is 14.5. The Morgan fingerprint density at radius 3 is 2.09 bits per heavy atom. The standard InChI is InChI=1S/C19H26N2O2/c1-13(2)10-20(11-14(3)4)18(22)12-21-15(5)16-8-6-7-9-17(16)19(21)23/h6-9,13-14H,5,10-12H2,1-4H3. The van der Waals surface area contributed by atoms with Gasteiger partial charge in [-0.1, -0.05) is 52.5 Å². The lowest BCUT2D eigenvalue weighted by atomic mass is 10.1. The predicted molar refractivity (Wildman–Crippen MR) is 92.8 cm³/mol. The number of amides is 2. The topological polar surface area (TPSA) is 40.6 Å². The maximum Gasteiger partial charge on any atom is 0.259 e. The molecule has 2 rings (SSSR count). The molecule has 0 spiro atoms. The zero-order valence-electron chi connectivity index (χ0n) is 14.5. The highest BCUT2D eigenvalue weighted by Gasteiger charge is 2.33. The average Bonchev–Trinajstić information content (AvgIpc) is 2.71. The number of fused-ring (bicyclic) bond motifs is 1. The van der Waals surface area contributed by atoms with Crippen LogP contribution in [0.1, 0.15) is 43.6 Å². The van der Waals surface area contributed by atoms with Gasteiger partial charge in [0.25, 0.3) is 5.91 Å². The van der Waals surface area contributed by atoms with E-state index in [-0.39, 0.29) is 18.4 Å². The molecule has 23 heavy (non-hydrogen) atoms. The van der Waals surface area contributed by atoms with Crippen molar-refractivity contribution in [1.29, 1.82) is 0 Å². The molecule has 124 valence electrons. The van der Waals surface area contributed by atoms with Crippen LogP contribution in [-0.4, -0.2) is 41.2 Å². The third kappa shape index (κ3) is 3.81. The molecule has 0 atom stereocenters. The van der Waals surface area contributed by atoms with Gasteiger partial charge >= 0.3 is 0 Å². The summed E-state index contributed by atoms with van der Waals surface area (Å²) in [6.07, 6.45) is 0. The zero-order chi connectivity index (χ0) is 17.1. The van der Waals surface area contributed by atoms with Gasteiger partial charge in [-0.3, -0.25) is 14.5 Å². The van der Waals surface area contributed by atoms with E-state index in [1.807, 2.05) is 23.1 Å². The third-order valence-corrected chi connectivity index (χ3v) is 3.86. The molecule has 0 saturated carbocycles.